The van der Waals surface area contributed by atoms with Crippen molar-refractivity contribution in [1.82, 2.24) is 14.7 Å². The van der Waals surface area contributed by atoms with E-state index in [9.17, 15) is 58.2 Å². The lowest BCUT2D eigenvalue weighted by atomic mass is 9.98. The number of thiophene rings is 2. The van der Waals surface area contributed by atoms with E-state index < -0.39 is 158 Å². The van der Waals surface area contributed by atoms with Crippen LogP contribution in [0.4, 0.5) is 21.0 Å². The number of carbonyl (C=O) groups excluding carboxylic acids is 12. The molecule has 6 heterocycles. The van der Waals surface area contributed by atoms with Gasteiger partial charge in [-0.15, -0.1) is 22.7 Å². The van der Waals surface area contributed by atoms with E-state index in [4.69, 9.17) is 85.3 Å². The number of aliphatic hydroxyl groups excluding tert-OH is 2. The number of hydrogen-bond donors (Lipinski definition) is 4. The molecule has 5 aromatic carbocycles. The van der Waals surface area contributed by atoms with Gasteiger partial charge in [-0.3, -0.25) is 58.6 Å². The van der Waals surface area contributed by atoms with Crippen LogP contribution in [-0.4, -0.2) is 225 Å². The van der Waals surface area contributed by atoms with Gasteiger partial charge < -0.3 is 110 Å². The Hall–Kier alpha value is -12.7. The predicted octanol–water partition coefficient (Wildman–Crippen LogP) is 8.59. The van der Waals surface area contributed by atoms with Gasteiger partial charge in [0.05, 0.1) is 62.0 Å². The lowest BCUT2D eigenvalue weighted by Crippen LogP contribution is -2.63. The molecule has 39 heteroatoms. The molecule has 4 amide bonds. The molecule has 11 rings (SSSR count). The molecule has 0 bridgehead atoms. The van der Waals surface area contributed by atoms with Crippen LogP contribution in [0.2, 0.25) is 0 Å². The van der Waals surface area contributed by atoms with Gasteiger partial charge in [0.1, 0.15) is 63.3 Å². The van der Waals surface area contributed by atoms with E-state index in [1.54, 1.807) is 0 Å². The fraction of sp³-hybridized carbons (Fsp3) is 0.425. The van der Waals surface area contributed by atoms with Crippen LogP contribution < -0.4 is 39.1 Å². The van der Waals surface area contributed by atoms with E-state index in [0.717, 1.165) is 81.8 Å². The third-order valence-corrected chi connectivity index (χ3v) is 21.9. The van der Waals surface area contributed by atoms with Gasteiger partial charge in [0.2, 0.25) is 24.8 Å². The Morgan fingerprint density at radius 3 is 1.12 bits per heavy atom. The largest absolute Gasteiger partial charge is 0.493 e. The number of benzene rings is 5. The van der Waals surface area contributed by atoms with Gasteiger partial charge in [-0.2, -0.15) is 0 Å². The Labute approximate surface area is 731 Å². The highest BCUT2D eigenvalue weighted by Crippen LogP contribution is 2.42. The molecule has 2 aromatic heterocycles. The minimum Gasteiger partial charge on any atom is -0.493 e. The molecule has 7 aromatic rings. The summed E-state index contributed by atoms with van der Waals surface area (Å²) in [5.74, 6) is -6.99. The summed E-state index contributed by atoms with van der Waals surface area (Å²) in [6, 6.07) is 25.9. The zero-order valence-corrected chi connectivity index (χ0v) is 72.5. The van der Waals surface area contributed by atoms with Crippen LogP contribution in [0.3, 0.4) is 0 Å². The molecule has 0 aliphatic carbocycles. The minimum atomic E-state index is -1.54. The summed E-state index contributed by atoms with van der Waals surface area (Å²) in [5, 5.41) is 30.7. The number of amides is 4. The topological polar surface area (TPSA) is 445 Å². The molecule has 4 N–H and O–H groups in total. The molecule has 2 saturated heterocycles. The lowest BCUT2D eigenvalue weighted by molar-refractivity contribution is -0.288. The summed E-state index contributed by atoms with van der Waals surface area (Å²) < 4.78 is 104. The second kappa shape index (κ2) is 43.3. The Bertz CT molecular complexity index is 4810. The highest BCUT2D eigenvalue weighted by molar-refractivity contribution is 7.10. The first-order valence-corrected chi connectivity index (χ1v) is 41.4. The SMILES string of the molecule is COc1cc(C(=O)N2Cc3ccsc3C[C@H]2CO)c(NC(=O)OCc2ccc(O[C@@H]3O[C@H](COC(C)=O)[C@H](OC(C)=O)[C@H](OC(C)=O)[C@@H]3OC(C)=O)cc2)cc1OCc1cc(COc2cc(NC(=O)OCc3ccc(O[C@@H]4O[C@H](COC(C)=O)[C@H](OC(C)=O)[C@H](OC(C)=O)[C@@H]4OC(C)=O)cc3)c(C(=O)N3Cc4ccsc4C[C@@H]3CO)cc2OC)cc(CN(C)C)c1. The Morgan fingerprint density at radius 2 is 0.778 bits per heavy atom. The van der Waals surface area contributed by atoms with Crippen LogP contribution in [0.1, 0.15) is 125 Å². The van der Waals surface area contributed by atoms with E-state index in [2.05, 4.69) is 10.6 Å². The maximum absolute atomic E-state index is 15.0. The number of fused-ring (bicyclic) bond motifs is 2. The van der Waals surface area contributed by atoms with Gasteiger partial charge in [-0.25, -0.2) is 9.59 Å². The zero-order chi connectivity index (χ0) is 90.7. The minimum absolute atomic E-state index is 0.0418. The molecular formula is C87H97N5O32S2. The first-order chi connectivity index (χ1) is 60.2. The normalized spacial score (nSPS) is 20.5. The van der Waals surface area contributed by atoms with Crippen LogP contribution >= 0.6 is 22.7 Å². The van der Waals surface area contributed by atoms with Gasteiger partial charge in [0.25, 0.3) is 11.8 Å². The average molecular weight is 1790 g/mol. The monoisotopic (exact) mass is 1790 g/mol. The molecule has 0 unspecified atom stereocenters. The number of nitrogens with zero attached hydrogens (tertiary/aromatic N) is 3. The first kappa shape index (κ1) is 94.0. The van der Waals surface area contributed by atoms with E-state index in [1.807, 2.05) is 60.1 Å². The molecule has 0 spiro atoms. The number of carbonyl (C=O) groups is 12. The molecule has 0 saturated carbocycles. The maximum atomic E-state index is 15.0. The predicted molar refractivity (Wildman–Crippen MR) is 442 cm³/mol. The maximum Gasteiger partial charge on any atom is 0.411 e. The number of rotatable bonds is 34. The average Bonchev–Trinajstić information content (AvgIpc) is 1.08. The van der Waals surface area contributed by atoms with Crippen molar-refractivity contribution in [3.05, 3.63) is 174 Å². The number of methoxy groups -OCH3 is 2. The van der Waals surface area contributed by atoms with Gasteiger partial charge in [0, 0.05) is 110 Å². The van der Waals surface area contributed by atoms with Crippen LogP contribution in [-0.2, 0) is 154 Å². The van der Waals surface area contributed by atoms with Crippen molar-refractivity contribution in [3.8, 4) is 34.5 Å². The standard InChI is InChI=1S/C87H97N5O32S2/c1-45(95)109-43-72-76(115-47(3)97)78(117-49(5)99)80(119-51(7)101)84(123-72)121-62-17-13-53(14-18-62)39-113-86(105)88-66-32-70(68(107-11)30-64(66)82(103)91-35-58-21-23-125-74(58)28-60(91)37-93)111-41-56-25-55(34-90(9)10)26-57(27-56)42-112-71-33-67(65(31-69(71)108-12)83(104)92-36-59-22-24-126-75(59)29-61(92)38-94)89-87(106)114-40-54-15-19-63(20-16-54)122-85-81(120-52(8)102)79(118-50(6)100)77(116-48(4)98)73(124-85)44-110-46(2)96/h13-27,30-33,60-61,72-73,76-81,84-85,93-94H,28-29,34-44H2,1-12H3,(H,88,105)(H,89,106)/t60-,61+,72-,73-,76+,77+,78+,79+,80+,81+,84-,85-/m1/s1. The highest BCUT2D eigenvalue weighted by Gasteiger charge is 2.55. The summed E-state index contributed by atoms with van der Waals surface area (Å²) >= 11 is 3.02. The highest BCUT2D eigenvalue weighted by atomic mass is 32.1. The second-order valence-corrected chi connectivity index (χ2v) is 31.8. The fourth-order valence-corrected chi connectivity index (χ4v) is 16.5. The third kappa shape index (κ3) is 24.9. The molecular weight excluding hydrogens is 1690 g/mol. The van der Waals surface area contributed by atoms with Gasteiger partial charge in [-0.1, -0.05) is 36.4 Å². The summed E-state index contributed by atoms with van der Waals surface area (Å²) in [5.41, 5.74) is 4.45. The quantitative estimate of drug-likeness (QED) is 0.0216. The van der Waals surface area contributed by atoms with E-state index in [0.29, 0.717) is 41.6 Å². The molecule has 12 atom stereocenters. The van der Waals surface area contributed by atoms with Crippen LogP contribution in [0.15, 0.2) is 114 Å². The smallest absolute Gasteiger partial charge is 0.411 e. The van der Waals surface area contributed by atoms with E-state index >= 15 is 9.59 Å². The van der Waals surface area contributed by atoms with Crippen molar-refractivity contribution >= 4 is 106 Å². The number of aliphatic hydroxyl groups is 2. The van der Waals surface area contributed by atoms with Crippen molar-refractivity contribution < 1.29 is 153 Å². The van der Waals surface area contributed by atoms with E-state index in [1.165, 1.54) is 119 Å². The summed E-state index contributed by atoms with van der Waals surface area (Å²) in [7, 11) is 6.53. The third-order valence-electron chi connectivity index (χ3n) is 20.0. The number of anilines is 2. The second-order valence-electron chi connectivity index (χ2n) is 29.8. The first-order valence-electron chi connectivity index (χ1n) is 39.6. The molecule has 2 fully saturated rings. The summed E-state index contributed by atoms with van der Waals surface area (Å²) in [4.78, 5) is 164. The lowest BCUT2D eigenvalue weighted by Gasteiger charge is -2.43. The van der Waals surface area contributed by atoms with Crippen molar-refractivity contribution in [2.75, 3.05) is 65.4 Å². The Morgan fingerprint density at radius 1 is 0.421 bits per heavy atom. The zero-order valence-electron chi connectivity index (χ0n) is 70.9. The van der Waals surface area contributed by atoms with Crippen molar-refractivity contribution in [3.63, 3.8) is 0 Å². The number of nitrogens with one attached hydrogen (secondary N) is 2. The summed E-state index contributed by atoms with van der Waals surface area (Å²) in [6.45, 7) is 6.82. The number of esters is 8. The molecule has 4 aliphatic rings. The van der Waals surface area contributed by atoms with Crippen LogP contribution in [0.5, 0.6) is 34.5 Å². The Balaban J connectivity index is 0.824. The van der Waals surface area contributed by atoms with Crippen LogP contribution in [0.25, 0.3) is 0 Å². The Kier molecular flexibility index (Phi) is 32.3. The van der Waals surface area contributed by atoms with Crippen molar-refractivity contribution in [2.45, 2.75) is 188 Å². The van der Waals surface area contributed by atoms with Crippen LogP contribution in [0, 0.1) is 0 Å². The van der Waals surface area contributed by atoms with Gasteiger partial charge in [-0.05, 0) is 118 Å². The molecule has 0 radical (unpaired) electrons. The van der Waals surface area contributed by atoms with Gasteiger partial charge in [0.15, 0.2) is 47.4 Å². The molecule has 4 aliphatic heterocycles. The molecule has 674 valence electrons. The van der Waals surface area contributed by atoms with E-state index in [-0.39, 0.29) is 110 Å². The fourth-order valence-electron chi connectivity index (χ4n) is 14.5. The number of ether oxygens (including phenoxy) is 18. The molecule has 126 heavy (non-hydrogen) atoms. The van der Waals surface area contributed by atoms with Crippen molar-refractivity contribution in [2.24, 2.45) is 0 Å². The number of hydrogen-bond acceptors (Lipinski definition) is 35. The van der Waals surface area contributed by atoms with Gasteiger partial charge >= 0.3 is 59.9 Å². The van der Waals surface area contributed by atoms with Crippen molar-refractivity contribution in [1.29, 1.82) is 0 Å². The molecule has 37 nitrogen and oxygen atoms in total. The summed E-state index contributed by atoms with van der Waals surface area (Å²) in [6.07, 6.45) is -15.8.